The fourth-order valence-electron chi connectivity index (χ4n) is 8.60. The van der Waals surface area contributed by atoms with Gasteiger partial charge in [0.05, 0.1) is 42.5 Å². The van der Waals surface area contributed by atoms with Gasteiger partial charge in [0.25, 0.3) is 17.7 Å². The van der Waals surface area contributed by atoms with E-state index < -0.39 is 71.4 Å². The number of unbranched alkanes of at least 4 members (excludes halogenated alkanes) is 5. The van der Waals surface area contributed by atoms with Crippen molar-refractivity contribution in [2.24, 2.45) is 34.4 Å². The summed E-state index contributed by atoms with van der Waals surface area (Å²) in [4.78, 5) is 111. The molecule has 0 fully saturated rings. The van der Waals surface area contributed by atoms with E-state index in [0.717, 1.165) is 6.42 Å². The molecule has 4 aromatic carbocycles. The van der Waals surface area contributed by atoms with Crippen LogP contribution in [0.4, 0.5) is 22.7 Å². The molecule has 4 rings (SSSR count). The number of rotatable bonds is 36. The second-order valence-corrected chi connectivity index (χ2v) is 20.9. The van der Waals surface area contributed by atoms with Crippen LogP contribution in [0.2, 0.25) is 0 Å². The van der Waals surface area contributed by atoms with Crippen LogP contribution < -0.4 is 81.1 Å². The molecular formula is C57H81N13O10S2. The number of hydrogen-bond acceptors (Lipinski definition) is 17. The minimum absolute atomic E-state index is 0.0231. The SMILES string of the molecule is COc1ccc(NC(=O)[C@@H](N)CCCCN)cc1C(=O)N[C@@H](CCCCN)C(=O)Nc1ccc(OC)c(C(=O)N[C@@H](CCCCCN)C(=O)Nc2ccc(SC)c(C(=O)N[C@@H](CCCCN)C(=O)Nc3ccc(SC)c(C(N)=O)c3)c2)c1. The molecule has 23 nitrogen and oxygen atoms in total. The lowest BCUT2D eigenvalue weighted by atomic mass is 10.0. The summed E-state index contributed by atoms with van der Waals surface area (Å²) in [6, 6.07) is 14.4. The number of thioether (sulfide) groups is 2. The van der Waals surface area contributed by atoms with Gasteiger partial charge in [-0.1, -0.05) is 19.3 Å². The summed E-state index contributed by atoms with van der Waals surface area (Å²) in [6.07, 6.45) is 9.98. The van der Waals surface area contributed by atoms with Gasteiger partial charge < -0.3 is 81.1 Å². The first-order chi connectivity index (χ1) is 39.4. The number of carbonyl (C=O) groups excluding carboxylic acids is 8. The Hall–Kier alpha value is -7.26. The van der Waals surface area contributed by atoms with Crippen molar-refractivity contribution in [3.63, 3.8) is 0 Å². The van der Waals surface area contributed by atoms with Crippen LogP contribution in [-0.4, -0.2) is 124 Å². The molecule has 4 aromatic rings. The third-order valence-electron chi connectivity index (χ3n) is 13.1. The standard InChI is InChI=1S/C57H81N13O10S2/c1-79-46-22-18-34(64-54(75)42(62)14-7-11-27-59)30-38(46)51(72)69-44(16-8-12-28-60)56(77)65-35-19-23-47(80-2)39(31-35)52(73)68-43(15-6-5-10-26-58)55(76)67-37-21-25-49(82-4)41(33-37)53(74)70-45(17-9-13-29-61)57(78)66-36-20-24-48(81-3)40(32-36)50(63)71/h18-25,30-33,42-45H,5-17,26-29,58-62H2,1-4H3,(H2,63,71)(H,64,75)(H,65,77)(H,66,78)(H,67,76)(H,68,73)(H,69,72)(H,70,74)/t42-,43-,44-,45-/m0/s1. The maximum Gasteiger partial charge on any atom is 0.255 e. The van der Waals surface area contributed by atoms with Crippen molar-refractivity contribution in [1.29, 1.82) is 0 Å². The number of primary amides is 1. The van der Waals surface area contributed by atoms with Gasteiger partial charge in [-0.25, -0.2) is 0 Å². The molecule has 0 saturated heterocycles. The molecule has 0 aliphatic carbocycles. The molecule has 8 amide bonds. The minimum Gasteiger partial charge on any atom is -0.496 e. The number of methoxy groups -OCH3 is 2. The fraction of sp³-hybridized carbons (Fsp3) is 0.439. The van der Waals surface area contributed by atoms with Crippen LogP contribution in [0.1, 0.15) is 125 Å². The highest BCUT2D eigenvalue weighted by molar-refractivity contribution is 7.99. The zero-order valence-corrected chi connectivity index (χ0v) is 48.8. The summed E-state index contributed by atoms with van der Waals surface area (Å²) in [7, 11) is 2.75. The van der Waals surface area contributed by atoms with E-state index in [4.69, 9.17) is 43.9 Å². The quantitative estimate of drug-likeness (QED) is 0.0218. The van der Waals surface area contributed by atoms with Crippen molar-refractivity contribution in [1.82, 2.24) is 16.0 Å². The van der Waals surface area contributed by atoms with Crippen LogP contribution >= 0.6 is 23.5 Å². The van der Waals surface area contributed by atoms with E-state index in [-0.39, 0.29) is 70.1 Å². The Kier molecular flexibility index (Phi) is 29.2. The van der Waals surface area contributed by atoms with Gasteiger partial charge in [0.2, 0.25) is 29.5 Å². The Labute approximate surface area is 487 Å². The van der Waals surface area contributed by atoms with E-state index in [0.29, 0.717) is 99.4 Å². The smallest absolute Gasteiger partial charge is 0.255 e. The predicted molar refractivity (Wildman–Crippen MR) is 323 cm³/mol. The lowest BCUT2D eigenvalue weighted by molar-refractivity contribution is -0.118. The van der Waals surface area contributed by atoms with Gasteiger partial charge in [0.15, 0.2) is 0 Å². The Balaban J connectivity index is 1.56. The molecule has 0 unspecified atom stereocenters. The molecule has 0 radical (unpaired) electrons. The zero-order valence-electron chi connectivity index (χ0n) is 47.1. The monoisotopic (exact) mass is 1170 g/mol. The molecule has 0 heterocycles. The largest absolute Gasteiger partial charge is 0.496 e. The molecule has 19 N–H and O–H groups in total. The molecule has 0 spiro atoms. The van der Waals surface area contributed by atoms with Gasteiger partial charge in [-0.05, 0) is 176 Å². The lowest BCUT2D eigenvalue weighted by Crippen LogP contribution is -2.44. The summed E-state index contributed by atoms with van der Waals surface area (Å²) in [5.41, 5.74) is 36.0. The summed E-state index contributed by atoms with van der Waals surface area (Å²) < 4.78 is 11.0. The fourth-order valence-corrected chi connectivity index (χ4v) is 9.76. The van der Waals surface area contributed by atoms with Crippen LogP contribution in [0, 0.1) is 0 Å². The topological polar surface area (TPSA) is 395 Å². The number of ether oxygens (including phenoxy) is 2. The molecule has 4 atom stereocenters. The van der Waals surface area contributed by atoms with E-state index in [2.05, 4.69) is 37.2 Å². The highest BCUT2D eigenvalue weighted by Crippen LogP contribution is 2.29. The molecule has 25 heteroatoms. The first-order valence-corrected chi connectivity index (χ1v) is 29.6. The van der Waals surface area contributed by atoms with Crippen LogP contribution in [0.5, 0.6) is 11.5 Å². The highest BCUT2D eigenvalue weighted by Gasteiger charge is 2.29. The molecule has 82 heavy (non-hydrogen) atoms. The number of nitrogens with two attached hydrogens (primary N) is 6. The summed E-state index contributed by atoms with van der Waals surface area (Å²) in [5.74, 6) is -4.51. The number of anilines is 4. The van der Waals surface area contributed by atoms with Crippen LogP contribution in [0.3, 0.4) is 0 Å². The van der Waals surface area contributed by atoms with E-state index in [1.807, 2.05) is 0 Å². The van der Waals surface area contributed by atoms with Gasteiger partial charge in [-0.2, -0.15) is 0 Å². The van der Waals surface area contributed by atoms with Crippen molar-refractivity contribution in [3.8, 4) is 11.5 Å². The van der Waals surface area contributed by atoms with Crippen LogP contribution in [-0.2, 0) is 19.2 Å². The lowest BCUT2D eigenvalue weighted by Gasteiger charge is -2.22. The zero-order chi connectivity index (χ0) is 60.1. The van der Waals surface area contributed by atoms with E-state index in [1.165, 1.54) is 80.2 Å². The number of nitrogens with one attached hydrogen (secondary N) is 7. The number of amides is 8. The summed E-state index contributed by atoms with van der Waals surface area (Å²) in [6.45, 7) is 1.62. The Morgan fingerprint density at radius 3 is 1.12 bits per heavy atom. The van der Waals surface area contributed by atoms with Gasteiger partial charge in [0, 0.05) is 32.5 Å². The molecule has 0 aliphatic rings. The average Bonchev–Trinajstić information content (AvgIpc) is 3.56. The number of carbonyl (C=O) groups is 8. The molecule has 0 bridgehead atoms. The normalized spacial score (nSPS) is 12.4. The third-order valence-corrected chi connectivity index (χ3v) is 14.7. The van der Waals surface area contributed by atoms with Gasteiger partial charge in [-0.3, -0.25) is 38.4 Å². The van der Waals surface area contributed by atoms with Crippen molar-refractivity contribution >= 4 is 93.5 Å². The molecule has 446 valence electrons. The van der Waals surface area contributed by atoms with Gasteiger partial charge in [0.1, 0.15) is 29.6 Å². The Morgan fingerprint density at radius 1 is 0.427 bits per heavy atom. The molecule has 0 aliphatic heterocycles. The summed E-state index contributed by atoms with van der Waals surface area (Å²) >= 11 is 2.61. The number of benzene rings is 4. The van der Waals surface area contributed by atoms with Crippen molar-refractivity contribution in [3.05, 3.63) is 95.1 Å². The van der Waals surface area contributed by atoms with Crippen molar-refractivity contribution < 1.29 is 47.8 Å². The first-order valence-electron chi connectivity index (χ1n) is 27.2. The van der Waals surface area contributed by atoms with Gasteiger partial charge in [-0.15, -0.1) is 23.5 Å². The van der Waals surface area contributed by atoms with Crippen molar-refractivity contribution in [2.45, 2.75) is 117 Å². The van der Waals surface area contributed by atoms with Gasteiger partial charge >= 0.3 is 0 Å². The first kappa shape index (κ1) is 67.2. The van der Waals surface area contributed by atoms with E-state index in [1.54, 1.807) is 42.8 Å². The van der Waals surface area contributed by atoms with E-state index >= 15 is 0 Å². The number of hydrogen-bond donors (Lipinski definition) is 13. The summed E-state index contributed by atoms with van der Waals surface area (Å²) in [5, 5.41) is 19.7. The minimum atomic E-state index is -1.12. The second-order valence-electron chi connectivity index (χ2n) is 19.2. The average molecular weight is 1170 g/mol. The second kappa shape index (κ2) is 35.6. The van der Waals surface area contributed by atoms with Crippen LogP contribution in [0.25, 0.3) is 0 Å². The van der Waals surface area contributed by atoms with Crippen LogP contribution in [0.15, 0.2) is 82.6 Å². The molecule has 0 saturated carbocycles. The highest BCUT2D eigenvalue weighted by atomic mass is 32.2. The maximum absolute atomic E-state index is 14.3. The Morgan fingerprint density at radius 2 is 0.744 bits per heavy atom. The Bertz CT molecular complexity index is 2820. The predicted octanol–water partition coefficient (Wildman–Crippen LogP) is 4.63. The molecule has 0 aromatic heterocycles. The maximum atomic E-state index is 14.3. The van der Waals surface area contributed by atoms with E-state index in [9.17, 15) is 38.4 Å². The third kappa shape index (κ3) is 20.9. The van der Waals surface area contributed by atoms with Crippen molar-refractivity contribution in [2.75, 3.05) is 74.2 Å². The molecular weight excluding hydrogens is 1090 g/mol.